The molecule has 8 heteroatoms. The van der Waals surface area contributed by atoms with Crippen LogP contribution in [0.25, 0.3) is 0 Å². The summed E-state index contributed by atoms with van der Waals surface area (Å²) < 4.78 is 5.50. The number of aliphatic hydroxyl groups excluding tert-OH is 1. The van der Waals surface area contributed by atoms with Crippen LogP contribution in [0.4, 0.5) is 5.69 Å². The maximum Gasteiger partial charge on any atom is 0.262 e. The Morgan fingerprint density at radius 2 is 1.91 bits per heavy atom. The standard InChI is InChI=1S/C25H23ClN2O3S2/c26-20-6-1-2-7-22(20)33-23-21(29)15-25(27-24(23)30,18-8-13-32-16-18)17-4-3-5-19(14-17)28-9-11-31-12-10-28/h1-8,13-14,16,29H,9-12,15H2,(H,27,30). The molecule has 3 aromatic rings. The lowest BCUT2D eigenvalue weighted by Crippen LogP contribution is -2.50. The van der Waals surface area contributed by atoms with Gasteiger partial charge in [0.1, 0.15) is 10.7 Å². The molecule has 0 spiro atoms. The molecule has 1 aromatic heterocycles. The van der Waals surface area contributed by atoms with E-state index in [4.69, 9.17) is 16.3 Å². The van der Waals surface area contributed by atoms with Gasteiger partial charge in [-0.15, -0.1) is 0 Å². The van der Waals surface area contributed by atoms with Gasteiger partial charge in [-0.05, 0) is 52.2 Å². The average molecular weight is 499 g/mol. The molecule has 1 unspecified atom stereocenters. The minimum absolute atomic E-state index is 0.0617. The zero-order chi connectivity index (χ0) is 22.8. The highest BCUT2D eigenvalue weighted by Gasteiger charge is 2.43. The van der Waals surface area contributed by atoms with Gasteiger partial charge in [-0.2, -0.15) is 11.3 Å². The number of hydrogen-bond acceptors (Lipinski definition) is 6. The number of morpholine rings is 1. The number of halogens is 1. The van der Waals surface area contributed by atoms with Gasteiger partial charge in [0.05, 0.1) is 23.8 Å². The molecule has 0 radical (unpaired) electrons. The molecule has 1 saturated heterocycles. The first-order valence-corrected chi connectivity index (χ1v) is 12.8. The first-order valence-electron chi connectivity index (χ1n) is 10.7. The van der Waals surface area contributed by atoms with E-state index in [0.717, 1.165) is 34.8 Å². The van der Waals surface area contributed by atoms with Crippen molar-refractivity contribution in [2.75, 3.05) is 31.2 Å². The topological polar surface area (TPSA) is 61.8 Å². The molecule has 5 nitrogen and oxygen atoms in total. The summed E-state index contributed by atoms with van der Waals surface area (Å²) in [6.45, 7) is 3.04. The van der Waals surface area contributed by atoms with E-state index < -0.39 is 5.54 Å². The summed E-state index contributed by atoms with van der Waals surface area (Å²) in [6, 6.07) is 17.5. The Morgan fingerprint density at radius 3 is 2.64 bits per heavy atom. The number of nitrogens with zero attached hydrogens (tertiary/aromatic N) is 1. The third-order valence-electron chi connectivity index (χ3n) is 6.01. The van der Waals surface area contributed by atoms with E-state index in [1.807, 2.05) is 47.2 Å². The lowest BCUT2D eigenvalue weighted by molar-refractivity contribution is -0.119. The van der Waals surface area contributed by atoms with Gasteiger partial charge >= 0.3 is 0 Å². The Bertz CT molecular complexity index is 1190. The second kappa shape index (κ2) is 9.43. The number of carbonyl (C=O) groups is 1. The number of anilines is 1. The van der Waals surface area contributed by atoms with E-state index in [1.54, 1.807) is 17.4 Å². The molecule has 1 atom stereocenters. The number of rotatable bonds is 5. The summed E-state index contributed by atoms with van der Waals surface area (Å²) in [7, 11) is 0. The summed E-state index contributed by atoms with van der Waals surface area (Å²) in [5.41, 5.74) is 2.12. The van der Waals surface area contributed by atoms with E-state index in [-0.39, 0.29) is 23.0 Å². The molecule has 170 valence electrons. The van der Waals surface area contributed by atoms with E-state index in [9.17, 15) is 9.90 Å². The smallest absolute Gasteiger partial charge is 0.262 e. The summed E-state index contributed by atoms with van der Waals surface area (Å²) in [5.74, 6) is -0.252. The Morgan fingerprint density at radius 1 is 1.09 bits per heavy atom. The summed E-state index contributed by atoms with van der Waals surface area (Å²) >= 11 is 9.05. The predicted molar refractivity (Wildman–Crippen MR) is 134 cm³/mol. The highest BCUT2D eigenvalue weighted by atomic mass is 35.5. The molecule has 1 fully saturated rings. The SMILES string of the molecule is O=C1NC(c2ccsc2)(c2cccc(N3CCOCC3)c2)CC(O)=C1Sc1ccccc1Cl. The maximum absolute atomic E-state index is 13.4. The molecular formula is C25H23ClN2O3S2. The second-order valence-corrected chi connectivity index (χ2v) is 10.2. The fourth-order valence-corrected chi connectivity index (χ4v) is 6.16. The highest BCUT2D eigenvalue weighted by Crippen LogP contribution is 2.44. The van der Waals surface area contributed by atoms with E-state index in [2.05, 4.69) is 22.3 Å². The normalized spacial score (nSPS) is 21.2. The third-order valence-corrected chi connectivity index (χ3v) is 8.33. The van der Waals surface area contributed by atoms with Crippen LogP contribution in [0.3, 0.4) is 0 Å². The molecule has 1 amide bonds. The molecule has 0 bridgehead atoms. The van der Waals surface area contributed by atoms with Crippen LogP contribution >= 0.6 is 34.7 Å². The Balaban J connectivity index is 1.54. The zero-order valence-electron chi connectivity index (χ0n) is 17.8. The van der Waals surface area contributed by atoms with Gasteiger partial charge in [0.25, 0.3) is 5.91 Å². The first kappa shape index (κ1) is 22.3. The summed E-state index contributed by atoms with van der Waals surface area (Å²) in [6.07, 6.45) is 0.259. The molecule has 2 aliphatic heterocycles. The fraction of sp³-hybridized carbons (Fsp3) is 0.240. The molecule has 0 aliphatic carbocycles. The van der Waals surface area contributed by atoms with Crippen molar-refractivity contribution in [3.8, 4) is 0 Å². The van der Waals surface area contributed by atoms with Gasteiger partial charge in [0, 0.05) is 30.1 Å². The van der Waals surface area contributed by atoms with Crippen LogP contribution in [0.15, 0.2) is 80.9 Å². The van der Waals surface area contributed by atoms with Gasteiger partial charge in [-0.1, -0.05) is 47.6 Å². The predicted octanol–water partition coefficient (Wildman–Crippen LogP) is 5.56. The van der Waals surface area contributed by atoms with Gasteiger partial charge in [-0.3, -0.25) is 4.79 Å². The van der Waals surface area contributed by atoms with Crippen molar-refractivity contribution in [1.82, 2.24) is 5.32 Å². The molecule has 2 N–H and O–H groups in total. The highest BCUT2D eigenvalue weighted by molar-refractivity contribution is 8.04. The van der Waals surface area contributed by atoms with Crippen molar-refractivity contribution in [2.24, 2.45) is 0 Å². The lowest BCUT2D eigenvalue weighted by Gasteiger charge is -2.39. The number of thioether (sulfide) groups is 1. The van der Waals surface area contributed by atoms with Crippen LogP contribution in [0.2, 0.25) is 5.02 Å². The average Bonchev–Trinajstić information content (AvgIpc) is 3.39. The van der Waals surface area contributed by atoms with Gasteiger partial charge < -0.3 is 20.1 Å². The van der Waals surface area contributed by atoms with Crippen molar-refractivity contribution in [2.45, 2.75) is 16.9 Å². The van der Waals surface area contributed by atoms with E-state index >= 15 is 0 Å². The molecular weight excluding hydrogens is 476 g/mol. The Labute approximate surface area is 206 Å². The number of nitrogens with one attached hydrogen (secondary N) is 1. The van der Waals surface area contributed by atoms with Crippen LogP contribution in [-0.2, 0) is 15.1 Å². The van der Waals surface area contributed by atoms with Crippen molar-refractivity contribution < 1.29 is 14.6 Å². The van der Waals surface area contributed by atoms with Crippen LogP contribution in [0, 0.1) is 0 Å². The van der Waals surface area contributed by atoms with E-state index in [1.165, 1.54) is 11.8 Å². The van der Waals surface area contributed by atoms with Crippen LogP contribution in [0.1, 0.15) is 17.5 Å². The molecule has 2 aromatic carbocycles. The van der Waals surface area contributed by atoms with Crippen LogP contribution in [-0.4, -0.2) is 37.3 Å². The van der Waals surface area contributed by atoms with Gasteiger partial charge in [-0.25, -0.2) is 0 Å². The quantitative estimate of drug-likeness (QED) is 0.482. The number of carbonyl (C=O) groups excluding carboxylic acids is 1. The summed E-state index contributed by atoms with van der Waals surface area (Å²) in [4.78, 5) is 16.7. The molecule has 5 rings (SSSR count). The van der Waals surface area contributed by atoms with Gasteiger partial charge in [0.15, 0.2) is 0 Å². The van der Waals surface area contributed by atoms with Crippen molar-refractivity contribution in [1.29, 1.82) is 0 Å². The second-order valence-electron chi connectivity index (χ2n) is 8.01. The number of benzene rings is 2. The molecule has 3 heterocycles. The monoisotopic (exact) mass is 498 g/mol. The summed E-state index contributed by atoms with van der Waals surface area (Å²) in [5, 5.41) is 18.9. The molecule has 0 saturated carbocycles. The third kappa shape index (κ3) is 4.38. The van der Waals surface area contributed by atoms with E-state index in [0.29, 0.717) is 18.2 Å². The Kier molecular flexibility index (Phi) is 6.38. The number of thiophene rings is 1. The minimum Gasteiger partial charge on any atom is -0.511 e. The number of aliphatic hydroxyl groups is 1. The number of amides is 1. The van der Waals surface area contributed by atoms with Crippen molar-refractivity contribution >= 4 is 46.3 Å². The molecule has 2 aliphatic rings. The van der Waals surface area contributed by atoms with Crippen LogP contribution in [0.5, 0.6) is 0 Å². The number of ether oxygens (including phenoxy) is 1. The van der Waals surface area contributed by atoms with Crippen LogP contribution < -0.4 is 10.2 Å². The zero-order valence-corrected chi connectivity index (χ0v) is 20.2. The van der Waals surface area contributed by atoms with Gasteiger partial charge in [0.2, 0.25) is 0 Å². The van der Waals surface area contributed by atoms with Crippen molar-refractivity contribution in [3.63, 3.8) is 0 Å². The minimum atomic E-state index is -0.853. The Hall–Kier alpha value is -2.45. The first-order chi connectivity index (χ1) is 16.1. The fourth-order valence-electron chi connectivity index (χ4n) is 4.31. The largest absolute Gasteiger partial charge is 0.511 e. The van der Waals surface area contributed by atoms with Crippen molar-refractivity contribution in [3.05, 3.63) is 92.2 Å². The molecule has 33 heavy (non-hydrogen) atoms. The number of hydrogen-bond donors (Lipinski definition) is 2. The maximum atomic E-state index is 13.4. The lowest BCUT2D eigenvalue weighted by atomic mass is 9.79.